The first-order valence-corrected chi connectivity index (χ1v) is 9.63. The van der Waals surface area contributed by atoms with Gasteiger partial charge in [-0.2, -0.15) is 15.2 Å². The maximum Gasteiger partial charge on any atom is 0.252 e. The summed E-state index contributed by atoms with van der Waals surface area (Å²) >= 11 is 0. The van der Waals surface area contributed by atoms with Gasteiger partial charge < -0.3 is 0 Å². The molecule has 1 aliphatic heterocycles. The summed E-state index contributed by atoms with van der Waals surface area (Å²) in [5.74, 6) is 2.04. The highest BCUT2D eigenvalue weighted by molar-refractivity contribution is 5.99. The normalized spacial score (nSPS) is 25.8. The molecule has 5 rings (SSSR count). The number of piperidine rings is 1. The van der Waals surface area contributed by atoms with Crippen molar-refractivity contribution in [3.8, 4) is 11.4 Å². The number of nitrogens with one attached hydrogen (secondary N) is 1. The summed E-state index contributed by atoms with van der Waals surface area (Å²) in [7, 11) is 0. The molecule has 3 heterocycles. The zero-order chi connectivity index (χ0) is 19.4. The summed E-state index contributed by atoms with van der Waals surface area (Å²) < 4.78 is 0. The number of nitrogens with zero attached hydrogens (tertiary/aromatic N) is 5. The van der Waals surface area contributed by atoms with E-state index < -0.39 is 0 Å². The molecule has 142 valence electrons. The molecule has 28 heavy (non-hydrogen) atoms. The number of carbonyl (C=O) groups excluding carboxylic acids is 1. The van der Waals surface area contributed by atoms with Crippen molar-refractivity contribution in [1.82, 2.24) is 25.4 Å². The molecule has 7 heteroatoms. The van der Waals surface area contributed by atoms with Crippen molar-refractivity contribution in [2.45, 2.75) is 33.2 Å². The van der Waals surface area contributed by atoms with Crippen LogP contribution in [0, 0.1) is 31.6 Å². The monoisotopic (exact) mass is 374 g/mol. The van der Waals surface area contributed by atoms with Gasteiger partial charge in [-0.1, -0.05) is 36.8 Å². The van der Waals surface area contributed by atoms with E-state index in [2.05, 4.69) is 63.5 Å². The van der Waals surface area contributed by atoms with Gasteiger partial charge in [0.15, 0.2) is 5.82 Å². The lowest BCUT2D eigenvalue weighted by atomic mass is 9.93. The standard InChI is InChI=1S/C21H22N6O/c1-11-4-6-14(7-5-11)8-15-17-13(3)18(17)27(20(15)28)21-24-19(25-26-21)16-10-23-22-9-12(16)2/h4-7,9-10,13,15,17-18H,8H2,1-3H3,(H,24,25,26)/t13-,15?,17?,18?/m0/s1. The number of H-pyrrole nitrogens is 1. The molecule has 2 aromatic heterocycles. The second-order valence-corrected chi connectivity index (χ2v) is 8.00. The first kappa shape index (κ1) is 17.0. The van der Waals surface area contributed by atoms with E-state index in [-0.39, 0.29) is 17.9 Å². The van der Waals surface area contributed by atoms with Crippen LogP contribution in [0.3, 0.4) is 0 Å². The molecule has 0 spiro atoms. The van der Waals surface area contributed by atoms with Gasteiger partial charge in [0.1, 0.15) is 0 Å². The SMILES string of the molecule is Cc1ccc(CC2C(=O)N(c3n[nH]c(-c4cnncc4C)n3)C3C2[C@@H]3C)cc1. The highest BCUT2D eigenvalue weighted by Gasteiger charge is 2.65. The van der Waals surface area contributed by atoms with Gasteiger partial charge in [0.05, 0.1) is 12.4 Å². The fraction of sp³-hybridized carbons (Fsp3) is 0.381. The molecule has 2 fully saturated rings. The van der Waals surface area contributed by atoms with Crippen molar-refractivity contribution in [3.63, 3.8) is 0 Å². The number of hydrogen-bond donors (Lipinski definition) is 1. The van der Waals surface area contributed by atoms with Crippen molar-refractivity contribution in [3.05, 3.63) is 53.3 Å². The van der Waals surface area contributed by atoms with Crippen LogP contribution in [0.4, 0.5) is 5.95 Å². The van der Waals surface area contributed by atoms with Crippen LogP contribution in [0.2, 0.25) is 0 Å². The quantitative estimate of drug-likeness (QED) is 0.759. The van der Waals surface area contributed by atoms with Gasteiger partial charge in [0.25, 0.3) is 5.95 Å². The molecular weight excluding hydrogens is 352 g/mol. The van der Waals surface area contributed by atoms with E-state index in [1.165, 1.54) is 11.1 Å². The fourth-order valence-corrected chi connectivity index (χ4v) is 4.52. The summed E-state index contributed by atoms with van der Waals surface area (Å²) in [6, 6.07) is 8.65. The van der Waals surface area contributed by atoms with E-state index in [0.717, 1.165) is 17.5 Å². The topological polar surface area (TPSA) is 87.7 Å². The number of anilines is 1. The molecule has 1 N–H and O–H groups in total. The number of rotatable bonds is 4. The molecule has 3 unspecified atom stereocenters. The van der Waals surface area contributed by atoms with Gasteiger partial charge in [0.2, 0.25) is 5.91 Å². The number of aromatic amines is 1. The zero-order valence-electron chi connectivity index (χ0n) is 16.1. The minimum Gasteiger partial charge on any atom is -0.275 e. The van der Waals surface area contributed by atoms with Crippen LogP contribution in [0.15, 0.2) is 36.7 Å². The summed E-state index contributed by atoms with van der Waals surface area (Å²) in [5, 5.41) is 15.1. The Labute approximate surface area is 163 Å². The molecule has 4 atom stereocenters. The van der Waals surface area contributed by atoms with Gasteiger partial charge in [-0.15, -0.1) is 5.10 Å². The average Bonchev–Trinajstić information content (AvgIpc) is 3.03. The lowest BCUT2D eigenvalue weighted by Crippen LogP contribution is -2.35. The van der Waals surface area contributed by atoms with Gasteiger partial charge in [-0.25, -0.2) is 0 Å². The second kappa shape index (κ2) is 6.22. The first-order valence-electron chi connectivity index (χ1n) is 9.63. The highest BCUT2D eigenvalue weighted by Crippen LogP contribution is 2.55. The van der Waals surface area contributed by atoms with Gasteiger partial charge in [-0.3, -0.25) is 14.8 Å². The highest BCUT2D eigenvalue weighted by atomic mass is 16.2. The number of carbonyl (C=O) groups is 1. The molecule has 1 aliphatic carbocycles. The Balaban J connectivity index is 1.42. The molecular formula is C21H22N6O. The summed E-state index contributed by atoms with van der Waals surface area (Å²) in [4.78, 5) is 19.6. The minimum absolute atomic E-state index is 0.00557. The summed E-state index contributed by atoms with van der Waals surface area (Å²) in [6.45, 7) is 6.23. The summed E-state index contributed by atoms with van der Waals surface area (Å²) in [6.07, 6.45) is 4.12. The van der Waals surface area contributed by atoms with Crippen molar-refractivity contribution in [1.29, 1.82) is 0 Å². The van der Waals surface area contributed by atoms with E-state index in [0.29, 0.717) is 23.6 Å². The third-order valence-electron chi connectivity index (χ3n) is 6.17. The number of aryl methyl sites for hydroxylation is 2. The predicted octanol–water partition coefficient (Wildman–Crippen LogP) is 2.72. The minimum atomic E-state index is -0.00557. The van der Waals surface area contributed by atoms with Gasteiger partial charge in [-0.05, 0) is 43.2 Å². The molecule has 7 nitrogen and oxygen atoms in total. The summed E-state index contributed by atoms with van der Waals surface area (Å²) in [5.41, 5.74) is 4.24. The van der Waals surface area contributed by atoms with E-state index in [1.807, 2.05) is 6.92 Å². The zero-order valence-corrected chi connectivity index (χ0v) is 16.1. The van der Waals surface area contributed by atoms with Crippen LogP contribution >= 0.6 is 0 Å². The van der Waals surface area contributed by atoms with Crippen LogP contribution in [0.5, 0.6) is 0 Å². The Hall–Kier alpha value is -3.09. The van der Waals surface area contributed by atoms with Crippen LogP contribution in [0.25, 0.3) is 11.4 Å². The van der Waals surface area contributed by atoms with Gasteiger partial charge >= 0.3 is 0 Å². The van der Waals surface area contributed by atoms with Crippen LogP contribution in [0.1, 0.15) is 23.6 Å². The largest absolute Gasteiger partial charge is 0.275 e. The Morgan fingerprint density at radius 2 is 1.86 bits per heavy atom. The molecule has 0 bridgehead atoms. The van der Waals surface area contributed by atoms with Gasteiger partial charge in [0, 0.05) is 17.5 Å². The number of hydrogen-bond acceptors (Lipinski definition) is 5. The molecule has 1 saturated heterocycles. The molecule has 1 amide bonds. The Kier molecular flexibility index (Phi) is 3.79. The van der Waals surface area contributed by atoms with E-state index in [4.69, 9.17) is 0 Å². The maximum atomic E-state index is 13.2. The molecule has 3 aromatic rings. The Bertz CT molecular complexity index is 1040. The predicted molar refractivity (Wildman–Crippen MR) is 104 cm³/mol. The molecule has 0 radical (unpaired) electrons. The third kappa shape index (κ3) is 2.61. The van der Waals surface area contributed by atoms with Crippen molar-refractivity contribution >= 4 is 11.9 Å². The third-order valence-corrected chi connectivity index (χ3v) is 6.17. The first-order chi connectivity index (χ1) is 13.5. The number of benzene rings is 1. The molecule has 1 aromatic carbocycles. The average molecular weight is 374 g/mol. The van der Waals surface area contributed by atoms with Crippen molar-refractivity contribution < 1.29 is 4.79 Å². The number of aromatic nitrogens is 5. The maximum absolute atomic E-state index is 13.2. The Morgan fingerprint density at radius 1 is 1.11 bits per heavy atom. The van der Waals surface area contributed by atoms with Crippen molar-refractivity contribution in [2.24, 2.45) is 17.8 Å². The van der Waals surface area contributed by atoms with E-state index in [1.54, 1.807) is 17.3 Å². The number of fused-ring (bicyclic) bond motifs is 1. The van der Waals surface area contributed by atoms with Crippen LogP contribution in [-0.4, -0.2) is 37.3 Å². The van der Waals surface area contributed by atoms with E-state index in [9.17, 15) is 4.79 Å². The lowest BCUT2D eigenvalue weighted by Gasteiger charge is -2.19. The fourth-order valence-electron chi connectivity index (χ4n) is 4.52. The molecule has 2 aliphatic rings. The lowest BCUT2D eigenvalue weighted by molar-refractivity contribution is -0.121. The van der Waals surface area contributed by atoms with E-state index >= 15 is 0 Å². The van der Waals surface area contributed by atoms with Crippen LogP contribution < -0.4 is 4.90 Å². The smallest absolute Gasteiger partial charge is 0.252 e. The van der Waals surface area contributed by atoms with Crippen molar-refractivity contribution in [2.75, 3.05) is 4.90 Å². The number of amides is 1. The second-order valence-electron chi connectivity index (χ2n) is 8.00. The Morgan fingerprint density at radius 3 is 2.61 bits per heavy atom. The van der Waals surface area contributed by atoms with Crippen LogP contribution in [-0.2, 0) is 11.2 Å². The molecule has 1 saturated carbocycles.